The van der Waals surface area contributed by atoms with Crippen LogP contribution in [0, 0.1) is 10.1 Å². The number of aromatic amines is 1. The lowest BCUT2D eigenvalue weighted by atomic mass is 10.3. The molecular weight excluding hydrogens is 256 g/mol. The molecule has 7 nitrogen and oxygen atoms in total. The molecule has 0 saturated carbocycles. The van der Waals surface area contributed by atoms with Crippen molar-refractivity contribution in [2.45, 2.75) is 4.90 Å². The third-order valence-corrected chi connectivity index (χ3v) is 3.18. The van der Waals surface area contributed by atoms with E-state index in [1.807, 2.05) is 0 Å². The van der Waals surface area contributed by atoms with E-state index >= 15 is 0 Å². The monoisotopic (exact) mass is 266 g/mol. The largest absolute Gasteiger partial charge is 0.353 e. The number of thioether (sulfide) groups is 1. The van der Waals surface area contributed by atoms with Gasteiger partial charge in [0.2, 0.25) is 0 Å². The van der Waals surface area contributed by atoms with Crippen LogP contribution in [-0.2, 0) is 7.05 Å². The lowest BCUT2D eigenvalue weighted by Gasteiger charge is -1.95. The maximum atomic E-state index is 11.8. The molecule has 0 saturated heterocycles. The van der Waals surface area contributed by atoms with Crippen LogP contribution in [-0.4, -0.2) is 31.2 Å². The highest BCUT2D eigenvalue weighted by molar-refractivity contribution is 8.00. The van der Waals surface area contributed by atoms with Crippen LogP contribution in [0.25, 0.3) is 0 Å². The van der Waals surface area contributed by atoms with Crippen molar-refractivity contribution in [1.29, 1.82) is 0 Å². The molecule has 0 bridgehead atoms. The molecule has 0 aliphatic rings. The average molecular weight is 266 g/mol. The van der Waals surface area contributed by atoms with Gasteiger partial charge in [0.1, 0.15) is 0 Å². The summed E-state index contributed by atoms with van der Waals surface area (Å²) in [5.41, 5.74) is 0.141. The first-order chi connectivity index (χ1) is 8.56. The topological polar surface area (TPSA) is 93.8 Å². The fourth-order valence-electron chi connectivity index (χ4n) is 1.35. The Labute approximate surface area is 106 Å². The summed E-state index contributed by atoms with van der Waals surface area (Å²) in [6, 6.07) is 1.24. The number of nitro groups is 1. The molecule has 0 spiro atoms. The molecule has 8 heteroatoms. The van der Waals surface area contributed by atoms with Crippen LogP contribution >= 0.6 is 11.8 Å². The standard InChI is InChI=1S/C10H10N4O3S/c1-13-5-8(4-12-13)18-6-10(15)9-2-7(3-11-9)14(16)17/h2-5,11H,6H2,1H3. The molecule has 0 unspecified atom stereocenters. The van der Waals surface area contributed by atoms with Crippen molar-refractivity contribution in [3.8, 4) is 0 Å². The van der Waals surface area contributed by atoms with Crippen molar-refractivity contribution in [2.75, 3.05) is 5.75 Å². The minimum atomic E-state index is -0.540. The molecule has 0 radical (unpaired) electrons. The Morgan fingerprint density at radius 2 is 2.44 bits per heavy atom. The fourth-order valence-corrected chi connectivity index (χ4v) is 2.15. The zero-order chi connectivity index (χ0) is 13.1. The lowest BCUT2D eigenvalue weighted by molar-refractivity contribution is -0.384. The number of carbonyl (C=O) groups excluding carboxylic acids is 1. The minimum absolute atomic E-state index is 0.107. The van der Waals surface area contributed by atoms with Crippen molar-refractivity contribution in [3.05, 3.63) is 40.5 Å². The minimum Gasteiger partial charge on any atom is -0.353 e. The van der Waals surface area contributed by atoms with Crippen molar-refractivity contribution < 1.29 is 9.72 Å². The third-order valence-electron chi connectivity index (χ3n) is 2.23. The summed E-state index contributed by atoms with van der Waals surface area (Å²) in [7, 11) is 1.79. The molecule has 2 heterocycles. The first-order valence-electron chi connectivity index (χ1n) is 5.03. The molecule has 1 N–H and O–H groups in total. The van der Waals surface area contributed by atoms with Crippen LogP contribution in [0.2, 0.25) is 0 Å². The quantitative estimate of drug-likeness (QED) is 0.384. The van der Waals surface area contributed by atoms with E-state index in [0.29, 0.717) is 0 Å². The van der Waals surface area contributed by atoms with Gasteiger partial charge in [-0.05, 0) is 0 Å². The number of hydrogen-bond acceptors (Lipinski definition) is 5. The number of carbonyl (C=O) groups is 1. The fraction of sp³-hybridized carbons (Fsp3) is 0.200. The van der Waals surface area contributed by atoms with E-state index in [4.69, 9.17) is 0 Å². The molecule has 2 aromatic heterocycles. The highest BCUT2D eigenvalue weighted by Crippen LogP contribution is 2.19. The highest BCUT2D eigenvalue weighted by atomic mass is 32.2. The summed E-state index contributed by atoms with van der Waals surface area (Å²) < 4.78 is 1.65. The van der Waals surface area contributed by atoms with Crippen LogP contribution in [0.3, 0.4) is 0 Å². The highest BCUT2D eigenvalue weighted by Gasteiger charge is 2.14. The molecule has 0 amide bonds. The molecule has 0 aromatic carbocycles. The number of hydrogen-bond donors (Lipinski definition) is 1. The summed E-state index contributed by atoms with van der Waals surface area (Å²) in [5, 5.41) is 14.5. The lowest BCUT2D eigenvalue weighted by Crippen LogP contribution is -2.02. The Hall–Kier alpha value is -2.09. The van der Waals surface area contributed by atoms with E-state index in [0.717, 1.165) is 4.90 Å². The summed E-state index contributed by atoms with van der Waals surface area (Å²) in [4.78, 5) is 25.2. The Morgan fingerprint density at radius 3 is 3.00 bits per heavy atom. The first-order valence-corrected chi connectivity index (χ1v) is 6.02. The smallest absolute Gasteiger partial charge is 0.287 e. The molecular formula is C10H10N4O3S. The Morgan fingerprint density at radius 1 is 1.67 bits per heavy atom. The van der Waals surface area contributed by atoms with Crippen LogP contribution < -0.4 is 0 Å². The van der Waals surface area contributed by atoms with Crippen molar-refractivity contribution in [2.24, 2.45) is 7.05 Å². The second-order valence-electron chi connectivity index (χ2n) is 3.59. The van der Waals surface area contributed by atoms with E-state index in [9.17, 15) is 14.9 Å². The normalized spacial score (nSPS) is 10.5. The van der Waals surface area contributed by atoms with Gasteiger partial charge in [0.15, 0.2) is 5.78 Å². The molecule has 2 aromatic rings. The van der Waals surface area contributed by atoms with E-state index in [-0.39, 0.29) is 22.9 Å². The maximum Gasteiger partial charge on any atom is 0.287 e. The number of nitrogens with one attached hydrogen (secondary N) is 1. The van der Waals surface area contributed by atoms with Gasteiger partial charge in [0.25, 0.3) is 5.69 Å². The van der Waals surface area contributed by atoms with Gasteiger partial charge < -0.3 is 4.98 Å². The molecule has 0 fully saturated rings. The molecule has 2 rings (SSSR count). The number of aromatic nitrogens is 3. The number of aryl methyl sites for hydroxylation is 1. The average Bonchev–Trinajstić information content (AvgIpc) is 2.94. The third kappa shape index (κ3) is 2.77. The molecule has 18 heavy (non-hydrogen) atoms. The Bertz CT molecular complexity index is 589. The number of nitrogens with zero attached hydrogens (tertiary/aromatic N) is 3. The van der Waals surface area contributed by atoms with Crippen LogP contribution in [0.1, 0.15) is 10.5 Å². The van der Waals surface area contributed by atoms with E-state index < -0.39 is 4.92 Å². The number of Topliss-reactive ketones (excluding diaryl/α,β-unsaturated/α-hetero) is 1. The second-order valence-corrected chi connectivity index (χ2v) is 4.64. The Balaban J connectivity index is 1.97. The molecule has 94 valence electrons. The molecule has 0 aliphatic carbocycles. The summed E-state index contributed by atoms with van der Waals surface area (Å²) in [5.74, 6) is 0.0283. The predicted molar refractivity (Wildman–Crippen MR) is 65.7 cm³/mol. The maximum absolute atomic E-state index is 11.8. The summed E-state index contributed by atoms with van der Waals surface area (Å²) in [6.45, 7) is 0. The van der Waals surface area contributed by atoms with Gasteiger partial charge in [0.05, 0.1) is 28.8 Å². The van der Waals surface area contributed by atoms with Crippen LogP contribution in [0.4, 0.5) is 5.69 Å². The van der Waals surface area contributed by atoms with Crippen molar-refractivity contribution in [1.82, 2.24) is 14.8 Å². The second kappa shape index (κ2) is 5.05. The van der Waals surface area contributed by atoms with Gasteiger partial charge in [-0.2, -0.15) is 5.10 Å². The van der Waals surface area contributed by atoms with Gasteiger partial charge in [-0.3, -0.25) is 19.6 Å². The first kappa shape index (κ1) is 12.4. The molecule has 0 aliphatic heterocycles. The number of H-pyrrole nitrogens is 1. The van der Waals surface area contributed by atoms with Crippen LogP contribution in [0.5, 0.6) is 0 Å². The van der Waals surface area contributed by atoms with Gasteiger partial charge in [-0.1, -0.05) is 0 Å². The predicted octanol–water partition coefficient (Wildman–Crippen LogP) is 1.63. The van der Waals surface area contributed by atoms with E-state index in [1.165, 1.54) is 24.0 Å². The zero-order valence-electron chi connectivity index (χ0n) is 9.49. The summed E-state index contributed by atoms with van der Waals surface area (Å²) in [6.07, 6.45) is 4.67. The number of ketones is 1. The van der Waals surface area contributed by atoms with E-state index in [2.05, 4.69) is 10.1 Å². The zero-order valence-corrected chi connectivity index (χ0v) is 10.3. The summed E-state index contributed by atoms with van der Waals surface area (Å²) >= 11 is 1.34. The SMILES string of the molecule is Cn1cc(SCC(=O)c2cc([N+](=O)[O-])c[nH]2)cn1. The van der Waals surface area contributed by atoms with Gasteiger partial charge in [-0.25, -0.2) is 0 Å². The van der Waals surface area contributed by atoms with Gasteiger partial charge >= 0.3 is 0 Å². The number of rotatable bonds is 5. The van der Waals surface area contributed by atoms with Crippen molar-refractivity contribution >= 4 is 23.2 Å². The molecule has 0 atom stereocenters. The van der Waals surface area contributed by atoms with E-state index in [1.54, 1.807) is 24.1 Å². The van der Waals surface area contributed by atoms with Crippen molar-refractivity contribution in [3.63, 3.8) is 0 Å². The Kier molecular flexibility index (Phi) is 3.47. The van der Waals surface area contributed by atoms with Gasteiger partial charge in [0, 0.05) is 24.2 Å². The van der Waals surface area contributed by atoms with Crippen LogP contribution in [0.15, 0.2) is 29.6 Å². The van der Waals surface area contributed by atoms with Gasteiger partial charge in [-0.15, -0.1) is 11.8 Å².